The lowest BCUT2D eigenvalue weighted by atomic mass is 10.0. The summed E-state index contributed by atoms with van der Waals surface area (Å²) in [5.41, 5.74) is 0. The molecule has 2 heterocycles. The summed E-state index contributed by atoms with van der Waals surface area (Å²) in [6.07, 6.45) is 2.98. The monoisotopic (exact) mass is 293 g/mol. The van der Waals surface area contributed by atoms with Gasteiger partial charge in [-0.05, 0) is 24.8 Å². The zero-order valence-electron chi connectivity index (χ0n) is 11.9. The Bertz CT molecular complexity index is 609. The number of aromatic nitrogens is 2. The van der Waals surface area contributed by atoms with Gasteiger partial charge in [0.1, 0.15) is 23.0 Å². The molecular formula is C14H19N3O2S. The van der Waals surface area contributed by atoms with Crippen LogP contribution in [0.5, 0.6) is 0 Å². The normalized spacial score (nSPS) is 12.8. The van der Waals surface area contributed by atoms with E-state index in [1.54, 1.807) is 11.3 Å². The summed E-state index contributed by atoms with van der Waals surface area (Å²) in [4.78, 5) is 21.9. The van der Waals surface area contributed by atoms with Gasteiger partial charge in [-0.2, -0.15) is 0 Å². The van der Waals surface area contributed by atoms with E-state index in [4.69, 9.17) is 0 Å². The highest BCUT2D eigenvalue weighted by Crippen LogP contribution is 2.29. The van der Waals surface area contributed by atoms with Gasteiger partial charge in [0.15, 0.2) is 0 Å². The Morgan fingerprint density at radius 3 is 2.80 bits per heavy atom. The Labute approximate surface area is 122 Å². The molecule has 2 aromatic heterocycles. The first-order valence-electron chi connectivity index (χ1n) is 6.74. The minimum Gasteiger partial charge on any atom is -0.480 e. The van der Waals surface area contributed by atoms with Gasteiger partial charge in [0.25, 0.3) is 0 Å². The van der Waals surface area contributed by atoms with Crippen LogP contribution in [0.2, 0.25) is 0 Å². The maximum atomic E-state index is 11.3. The van der Waals surface area contributed by atoms with Crippen molar-refractivity contribution in [2.75, 3.05) is 5.32 Å². The lowest BCUT2D eigenvalue weighted by Gasteiger charge is -2.17. The quantitative estimate of drug-likeness (QED) is 0.855. The minimum absolute atomic E-state index is 0.301. The molecule has 0 aromatic carbocycles. The molecule has 0 saturated heterocycles. The lowest BCUT2D eigenvalue weighted by Crippen LogP contribution is -2.31. The van der Waals surface area contributed by atoms with Gasteiger partial charge >= 0.3 is 5.97 Å². The zero-order valence-corrected chi connectivity index (χ0v) is 12.7. The van der Waals surface area contributed by atoms with E-state index in [9.17, 15) is 9.90 Å². The van der Waals surface area contributed by atoms with Crippen molar-refractivity contribution < 1.29 is 9.90 Å². The van der Waals surface area contributed by atoms with E-state index in [2.05, 4.69) is 22.2 Å². The predicted octanol–water partition coefficient (Wildman–Crippen LogP) is 3.16. The van der Waals surface area contributed by atoms with E-state index in [0.717, 1.165) is 16.6 Å². The second-order valence-electron chi connectivity index (χ2n) is 5.17. The van der Waals surface area contributed by atoms with Crippen LogP contribution in [-0.4, -0.2) is 27.1 Å². The topological polar surface area (TPSA) is 75.1 Å². The van der Waals surface area contributed by atoms with Crippen LogP contribution in [0.15, 0.2) is 12.4 Å². The number of aliphatic carboxylic acids is 1. The van der Waals surface area contributed by atoms with Crippen molar-refractivity contribution in [3.63, 3.8) is 0 Å². The number of aryl methyl sites for hydroxylation is 1. The van der Waals surface area contributed by atoms with Crippen LogP contribution in [0.1, 0.15) is 32.1 Å². The first-order valence-corrected chi connectivity index (χ1v) is 7.55. The number of thiophene rings is 1. The fourth-order valence-corrected chi connectivity index (χ4v) is 2.99. The number of rotatable bonds is 6. The summed E-state index contributed by atoms with van der Waals surface area (Å²) in [5, 5.41) is 13.3. The number of nitrogens with one attached hydrogen (secondary N) is 1. The number of hydrogen-bond donors (Lipinski definition) is 2. The van der Waals surface area contributed by atoms with Crippen molar-refractivity contribution >= 4 is 33.3 Å². The Hall–Kier alpha value is -1.69. The first-order chi connectivity index (χ1) is 9.51. The van der Waals surface area contributed by atoms with E-state index < -0.39 is 12.0 Å². The molecule has 5 nitrogen and oxygen atoms in total. The predicted molar refractivity (Wildman–Crippen MR) is 81.3 cm³/mol. The van der Waals surface area contributed by atoms with E-state index >= 15 is 0 Å². The number of fused-ring (bicyclic) bond motifs is 1. The molecule has 2 N–H and O–H groups in total. The molecule has 2 aromatic rings. The summed E-state index contributed by atoms with van der Waals surface area (Å²) in [7, 11) is 0. The Morgan fingerprint density at radius 2 is 2.20 bits per heavy atom. The van der Waals surface area contributed by atoms with E-state index in [0.29, 0.717) is 18.2 Å². The van der Waals surface area contributed by atoms with Crippen LogP contribution < -0.4 is 5.32 Å². The highest BCUT2D eigenvalue weighted by atomic mass is 32.1. The Morgan fingerprint density at radius 1 is 1.45 bits per heavy atom. The average molecular weight is 293 g/mol. The second kappa shape index (κ2) is 6.17. The van der Waals surface area contributed by atoms with E-state index in [1.807, 2.05) is 19.9 Å². The number of carboxylic acids is 1. The van der Waals surface area contributed by atoms with Gasteiger partial charge in [-0.15, -0.1) is 11.3 Å². The summed E-state index contributed by atoms with van der Waals surface area (Å²) < 4.78 is 0. The average Bonchev–Trinajstić information content (AvgIpc) is 2.81. The molecule has 20 heavy (non-hydrogen) atoms. The molecule has 108 valence electrons. The molecule has 0 fully saturated rings. The van der Waals surface area contributed by atoms with Gasteiger partial charge < -0.3 is 10.4 Å². The summed E-state index contributed by atoms with van der Waals surface area (Å²) in [6.45, 7) is 6.10. The molecule has 0 saturated carbocycles. The molecule has 0 aliphatic rings. The smallest absolute Gasteiger partial charge is 0.326 e. The van der Waals surface area contributed by atoms with Crippen molar-refractivity contribution in [3.8, 4) is 0 Å². The van der Waals surface area contributed by atoms with Crippen LogP contribution in [-0.2, 0) is 11.2 Å². The summed E-state index contributed by atoms with van der Waals surface area (Å²) >= 11 is 1.62. The molecule has 0 aliphatic carbocycles. The molecule has 6 heteroatoms. The number of carbonyl (C=O) groups is 1. The summed E-state index contributed by atoms with van der Waals surface area (Å²) in [5.74, 6) is 0.0602. The third-order valence-corrected chi connectivity index (χ3v) is 4.23. The Kier molecular flexibility index (Phi) is 4.54. The minimum atomic E-state index is -0.851. The van der Waals surface area contributed by atoms with Crippen LogP contribution in [0.3, 0.4) is 0 Å². The third kappa shape index (κ3) is 3.25. The SMILES string of the molecule is CCc1cc2c(N[C@H](CC(C)C)C(=O)O)ncnc2s1. The van der Waals surface area contributed by atoms with Crippen LogP contribution in [0, 0.1) is 5.92 Å². The zero-order chi connectivity index (χ0) is 14.7. The number of hydrogen-bond acceptors (Lipinski definition) is 5. The maximum Gasteiger partial charge on any atom is 0.326 e. The maximum absolute atomic E-state index is 11.3. The number of nitrogens with zero attached hydrogens (tertiary/aromatic N) is 2. The van der Waals surface area contributed by atoms with Crippen molar-refractivity contribution in [1.29, 1.82) is 0 Å². The van der Waals surface area contributed by atoms with Gasteiger partial charge in [-0.3, -0.25) is 0 Å². The highest BCUT2D eigenvalue weighted by Gasteiger charge is 2.20. The fourth-order valence-electron chi connectivity index (χ4n) is 2.05. The molecule has 0 bridgehead atoms. The van der Waals surface area contributed by atoms with Crippen LogP contribution >= 0.6 is 11.3 Å². The molecular weight excluding hydrogens is 274 g/mol. The van der Waals surface area contributed by atoms with Crippen LogP contribution in [0.25, 0.3) is 10.2 Å². The number of carboxylic acid groups (broad SMARTS) is 1. The molecule has 0 aliphatic heterocycles. The number of anilines is 1. The second-order valence-corrected chi connectivity index (χ2v) is 6.29. The molecule has 0 spiro atoms. The van der Waals surface area contributed by atoms with Crippen molar-refractivity contribution in [2.24, 2.45) is 5.92 Å². The third-order valence-electron chi connectivity index (χ3n) is 3.05. The molecule has 1 atom stereocenters. The first kappa shape index (κ1) is 14.7. The standard InChI is InChI=1S/C14H19N3O2S/c1-4-9-6-10-12(15-7-16-13(10)20-9)17-11(14(18)19)5-8(2)3/h6-8,11H,4-5H2,1-3H3,(H,18,19)(H,15,16,17)/t11-/m1/s1. The van der Waals surface area contributed by atoms with Crippen molar-refractivity contribution in [3.05, 3.63) is 17.3 Å². The van der Waals surface area contributed by atoms with Crippen molar-refractivity contribution in [1.82, 2.24) is 9.97 Å². The van der Waals surface area contributed by atoms with E-state index in [1.165, 1.54) is 11.2 Å². The van der Waals surface area contributed by atoms with Gasteiger partial charge in [-0.25, -0.2) is 14.8 Å². The summed E-state index contributed by atoms with van der Waals surface area (Å²) in [6, 6.07) is 1.41. The Balaban J connectivity index is 2.31. The van der Waals surface area contributed by atoms with Gasteiger partial charge in [0.2, 0.25) is 0 Å². The van der Waals surface area contributed by atoms with E-state index in [-0.39, 0.29) is 0 Å². The molecule has 2 rings (SSSR count). The van der Waals surface area contributed by atoms with Crippen LogP contribution in [0.4, 0.5) is 5.82 Å². The fraction of sp³-hybridized carbons (Fsp3) is 0.500. The highest BCUT2D eigenvalue weighted by molar-refractivity contribution is 7.18. The van der Waals surface area contributed by atoms with Crippen molar-refractivity contribution in [2.45, 2.75) is 39.7 Å². The van der Waals surface area contributed by atoms with Gasteiger partial charge in [0.05, 0.1) is 5.39 Å². The largest absolute Gasteiger partial charge is 0.480 e. The molecule has 0 unspecified atom stereocenters. The van der Waals surface area contributed by atoms with Gasteiger partial charge in [0, 0.05) is 4.88 Å². The van der Waals surface area contributed by atoms with Gasteiger partial charge in [-0.1, -0.05) is 20.8 Å². The molecule has 0 radical (unpaired) electrons. The molecule has 0 amide bonds. The lowest BCUT2D eigenvalue weighted by molar-refractivity contribution is -0.138.